The molecule has 0 unspecified atom stereocenters. The zero-order valence-corrected chi connectivity index (χ0v) is 24.3. The topological polar surface area (TPSA) is 101 Å². The van der Waals surface area contributed by atoms with Gasteiger partial charge in [0.1, 0.15) is 11.4 Å². The molecule has 0 bridgehead atoms. The summed E-state index contributed by atoms with van der Waals surface area (Å²) in [7, 11) is 0. The minimum absolute atomic E-state index is 0. The zero-order valence-electron chi connectivity index (χ0n) is 23.5. The summed E-state index contributed by atoms with van der Waals surface area (Å²) in [6, 6.07) is 21.8. The van der Waals surface area contributed by atoms with Gasteiger partial charge in [0, 0.05) is 29.7 Å². The average molecular weight is 565 g/mol. The third-order valence-corrected chi connectivity index (χ3v) is 6.64. The van der Waals surface area contributed by atoms with Gasteiger partial charge in [-0.15, -0.1) is 12.4 Å². The molecule has 212 valence electrons. The zero-order chi connectivity index (χ0) is 28.3. The van der Waals surface area contributed by atoms with Crippen LogP contribution in [0.1, 0.15) is 62.7 Å². The van der Waals surface area contributed by atoms with Gasteiger partial charge in [-0.1, -0.05) is 51.1 Å². The van der Waals surface area contributed by atoms with Crippen LogP contribution in [0.25, 0.3) is 27.7 Å². The van der Waals surface area contributed by atoms with Crippen LogP contribution in [0.5, 0.6) is 5.75 Å². The summed E-state index contributed by atoms with van der Waals surface area (Å²) in [5, 5.41) is 23.3. The maximum Gasteiger partial charge on any atom is 0.353 e. The highest BCUT2D eigenvalue weighted by Gasteiger charge is 2.24. The first-order valence-corrected chi connectivity index (χ1v) is 13.2. The Morgan fingerprint density at radius 1 is 0.925 bits per heavy atom. The molecule has 8 heteroatoms. The standard InChI is InChI=1S/C32H36N2O5.ClH/c1-20(2)39-25-13-11-24(12-14-25)34-28-15-8-22(21-6-9-23(10-7-21)32(3,4)5)18-26(28)27(30(34)31(37)38)19-33-17-16-29(35)36;/h6-15,18,20,33H,16-17,19H2,1-5H3,(H,35,36)(H,37,38);1H. The summed E-state index contributed by atoms with van der Waals surface area (Å²) in [4.78, 5) is 23.7. The van der Waals surface area contributed by atoms with E-state index in [2.05, 4.69) is 50.4 Å². The summed E-state index contributed by atoms with van der Waals surface area (Å²) in [6.45, 7) is 10.9. The van der Waals surface area contributed by atoms with E-state index in [-0.39, 0.29) is 49.1 Å². The van der Waals surface area contributed by atoms with Crippen LogP contribution in [0.15, 0.2) is 66.7 Å². The fraction of sp³-hybridized carbons (Fsp3) is 0.312. The van der Waals surface area contributed by atoms with Crippen LogP contribution >= 0.6 is 12.4 Å². The van der Waals surface area contributed by atoms with E-state index in [1.54, 1.807) is 4.57 Å². The lowest BCUT2D eigenvalue weighted by Gasteiger charge is -2.19. The monoisotopic (exact) mass is 564 g/mol. The van der Waals surface area contributed by atoms with Crippen molar-refractivity contribution in [3.05, 3.63) is 83.6 Å². The van der Waals surface area contributed by atoms with Crippen molar-refractivity contribution in [2.75, 3.05) is 6.54 Å². The maximum atomic E-state index is 12.7. The second kappa shape index (κ2) is 12.6. The molecule has 0 saturated carbocycles. The first-order valence-electron chi connectivity index (χ1n) is 13.2. The number of benzene rings is 3. The number of fused-ring (bicyclic) bond motifs is 1. The lowest BCUT2D eigenvalue weighted by atomic mass is 9.86. The molecule has 1 aromatic heterocycles. The molecular formula is C32H37ClN2O5. The number of halogens is 1. The van der Waals surface area contributed by atoms with E-state index in [4.69, 9.17) is 9.84 Å². The molecule has 0 saturated heterocycles. The number of carbonyl (C=O) groups is 2. The van der Waals surface area contributed by atoms with Crippen molar-refractivity contribution in [2.24, 2.45) is 0 Å². The minimum atomic E-state index is -1.06. The lowest BCUT2D eigenvalue weighted by Crippen LogP contribution is -2.19. The van der Waals surface area contributed by atoms with Gasteiger partial charge in [0.05, 0.1) is 18.0 Å². The van der Waals surface area contributed by atoms with Gasteiger partial charge in [-0.05, 0) is 72.4 Å². The lowest BCUT2D eigenvalue weighted by molar-refractivity contribution is -0.136. The second-order valence-corrected chi connectivity index (χ2v) is 11.0. The summed E-state index contributed by atoms with van der Waals surface area (Å²) in [6.07, 6.45) is -0.0267. The number of hydrogen-bond donors (Lipinski definition) is 3. The van der Waals surface area contributed by atoms with Crippen molar-refractivity contribution in [1.82, 2.24) is 9.88 Å². The quantitative estimate of drug-likeness (QED) is 0.178. The second-order valence-electron chi connectivity index (χ2n) is 11.0. The Morgan fingerprint density at radius 2 is 1.55 bits per heavy atom. The molecule has 4 rings (SSSR count). The first-order chi connectivity index (χ1) is 18.5. The Hall–Kier alpha value is -3.81. The van der Waals surface area contributed by atoms with E-state index in [1.165, 1.54) is 5.56 Å². The van der Waals surface area contributed by atoms with Crippen molar-refractivity contribution < 1.29 is 24.5 Å². The summed E-state index contributed by atoms with van der Waals surface area (Å²) in [5.41, 5.74) is 5.51. The predicted octanol–water partition coefficient (Wildman–Crippen LogP) is 7.07. The largest absolute Gasteiger partial charge is 0.491 e. The molecule has 0 fully saturated rings. The van der Waals surface area contributed by atoms with Crippen LogP contribution in [0.3, 0.4) is 0 Å². The number of aliphatic carboxylic acids is 1. The number of ether oxygens (including phenoxy) is 1. The Bertz CT molecular complexity index is 1480. The summed E-state index contributed by atoms with van der Waals surface area (Å²) < 4.78 is 7.52. The summed E-state index contributed by atoms with van der Waals surface area (Å²) in [5.74, 6) is -1.26. The predicted molar refractivity (Wildman–Crippen MR) is 161 cm³/mol. The van der Waals surface area contributed by atoms with E-state index < -0.39 is 11.9 Å². The molecule has 40 heavy (non-hydrogen) atoms. The Morgan fingerprint density at radius 3 is 2.10 bits per heavy atom. The van der Waals surface area contributed by atoms with Gasteiger partial charge in [-0.25, -0.2) is 4.79 Å². The highest BCUT2D eigenvalue weighted by Crippen LogP contribution is 2.34. The van der Waals surface area contributed by atoms with E-state index in [1.807, 2.05) is 56.3 Å². The highest BCUT2D eigenvalue weighted by molar-refractivity contribution is 6.01. The van der Waals surface area contributed by atoms with Crippen LogP contribution in [-0.4, -0.2) is 39.4 Å². The molecule has 0 aliphatic rings. The Kier molecular flexibility index (Phi) is 9.66. The van der Waals surface area contributed by atoms with Crippen molar-refractivity contribution in [1.29, 1.82) is 0 Å². The molecule has 0 radical (unpaired) electrons. The molecule has 0 amide bonds. The number of aromatic nitrogens is 1. The van der Waals surface area contributed by atoms with Gasteiger partial charge in [-0.2, -0.15) is 0 Å². The molecule has 0 spiro atoms. The number of aromatic carboxylic acids is 1. The van der Waals surface area contributed by atoms with Crippen LogP contribution in [0.2, 0.25) is 0 Å². The van der Waals surface area contributed by atoms with Crippen LogP contribution in [0.4, 0.5) is 0 Å². The van der Waals surface area contributed by atoms with E-state index in [0.717, 1.165) is 22.0 Å². The maximum absolute atomic E-state index is 12.7. The highest BCUT2D eigenvalue weighted by atomic mass is 35.5. The van der Waals surface area contributed by atoms with Crippen molar-refractivity contribution in [2.45, 2.75) is 59.1 Å². The number of carboxylic acid groups (broad SMARTS) is 2. The van der Waals surface area contributed by atoms with Gasteiger partial charge in [0.25, 0.3) is 0 Å². The molecule has 4 aromatic rings. The smallest absolute Gasteiger partial charge is 0.353 e. The van der Waals surface area contributed by atoms with Gasteiger partial charge in [0.15, 0.2) is 0 Å². The molecular weight excluding hydrogens is 528 g/mol. The Labute approximate surface area is 241 Å². The first kappa shape index (κ1) is 30.7. The SMILES string of the molecule is CC(C)Oc1ccc(-n2c(C(=O)O)c(CNCCC(=O)O)c3cc(-c4ccc(C(C)(C)C)cc4)ccc32)cc1.Cl. The molecule has 7 nitrogen and oxygen atoms in total. The van der Waals surface area contributed by atoms with E-state index >= 15 is 0 Å². The number of carboxylic acids is 2. The minimum Gasteiger partial charge on any atom is -0.491 e. The third-order valence-electron chi connectivity index (χ3n) is 6.64. The molecule has 0 atom stereocenters. The Balaban J connectivity index is 0.00000441. The van der Waals surface area contributed by atoms with Crippen molar-refractivity contribution in [3.63, 3.8) is 0 Å². The number of hydrogen-bond acceptors (Lipinski definition) is 4. The molecule has 3 aromatic carbocycles. The van der Waals surface area contributed by atoms with Gasteiger partial charge < -0.3 is 24.8 Å². The molecule has 1 heterocycles. The third kappa shape index (κ3) is 6.84. The van der Waals surface area contributed by atoms with E-state index in [0.29, 0.717) is 17.0 Å². The fourth-order valence-corrected chi connectivity index (χ4v) is 4.72. The van der Waals surface area contributed by atoms with Crippen molar-refractivity contribution >= 4 is 35.2 Å². The van der Waals surface area contributed by atoms with Gasteiger partial charge in [0.2, 0.25) is 0 Å². The number of nitrogens with zero attached hydrogens (tertiary/aromatic N) is 1. The normalized spacial score (nSPS) is 11.4. The van der Waals surface area contributed by atoms with Crippen molar-refractivity contribution in [3.8, 4) is 22.6 Å². The van der Waals surface area contributed by atoms with Gasteiger partial charge in [-0.3, -0.25) is 4.79 Å². The number of nitrogens with one attached hydrogen (secondary N) is 1. The van der Waals surface area contributed by atoms with Gasteiger partial charge >= 0.3 is 11.9 Å². The number of rotatable bonds is 10. The summed E-state index contributed by atoms with van der Waals surface area (Å²) >= 11 is 0. The molecule has 0 aliphatic carbocycles. The average Bonchev–Trinajstić information content (AvgIpc) is 3.20. The van der Waals surface area contributed by atoms with E-state index in [9.17, 15) is 14.7 Å². The molecule has 3 N–H and O–H groups in total. The van der Waals surface area contributed by atoms with Crippen LogP contribution < -0.4 is 10.1 Å². The fourth-order valence-electron chi connectivity index (χ4n) is 4.72. The molecule has 0 aliphatic heterocycles. The van der Waals surface area contributed by atoms with Crippen LogP contribution in [-0.2, 0) is 16.8 Å². The van der Waals surface area contributed by atoms with Crippen LogP contribution in [0, 0.1) is 0 Å².